The summed E-state index contributed by atoms with van der Waals surface area (Å²) < 4.78 is 35.7. The monoisotopic (exact) mass is 774 g/mol. The minimum atomic E-state index is -1.75. The Kier molecular flexibility index (Phi) is 12.3. The molecule has 0 unspecified atom stereocenters. The lowest BCUT2D eigenvalue weighted by atomic mass is 9.47. The minimum Gasteiger partial charge on any atom is -0.394 e. The molecule has 0 spiro atoms. The van der Waals surface area contributed by atoms with Crippen LogP contribution in [0.2, 0.25) is 0 Å². The number of rotatable bonds is 9. The molecule has 0 radical (unpaired) electrons. The number of allylic oxidation sites excluding steroid dienone is 1. The van der Waals surface area contributed by atoms with Gasteiger partial charge in [0, 0.05) is 0 Å². The molecule has 16 heteroatoms. The van der Waals surface area contributed by atoms with Gasteiger partial charge in [-0.25, -0.2) is 0 Å². The van der Waals surface area contributed by atoms with Crippen LogP contribution in [0, 0.1) is 34.5 Å². The number of aliphatic hydroxyl groups is 10. The summed E-state index contributed by atoms with van der Waals surface area (Å²) in [7, 11) is 0. The second-order valence-corrected chi connectivity index (χ2v) is 17.6. The van der Waals surface area contributed by atoms with Crippen LogP contribution in [-0.4, -0.2) is 169 Å². The van der Waals surface area contributed by atoms with Crippen molar-refractivity contribution in [2.75, 3.05) is 19.8 Å². The van der Waals surface area contributed by atoms with Gasteiger partial charge < -0.3 is 79.5 Å². The van der Waals surface area contributed by atoms with Crippen molar-refractivity contribution in [1.29, 1.82) is 0 Å². The fourth-order valence-electron chi connectivity index (χ4n) is 11.6. The average Bonchev–Trinajstić information content (AvgIpc) is 3.52. The lowest BCUT2D eigenvalue weighted by molar-refractivity contribution is -0.373. The van der Waals surface area contributed by atoms with E-state index in [0.717, 1.165) is 51.4 Å². The third kappa shape index (κ3) is 7.13. The molecule has 0 aromatic heterocycles. The Bertz CT molecular complexity index is 1320. The average molecular weight is 775 g/mol. The SMILES string of the molecule is C[C@@H](O[C@@H]1O[C@H](CO)[C@@H](O)[C@H](O)[C@H]1O[C@@H]1O[C@H](CO)[C@@H](O)[C@H](O)[C@H]1O)[C@H]1CC[C@H]2[C@@H]3CC=C4C[C@@H](O[C@@H]5OC[C@H](O)[C@H](O)[C@H]5O)CC[C@]4(C)[C@H]3CC[C@]12C. The zero-order valence-electron chi connectivity index (χ0n) is 31.3. The molecule has 3 saturated heterocycles. The summed E-state index contributed by atoms with van der Waals surface area (Å²) in [5.74, 6) is 1.49. The van der Waals surface area contributed by atoms with Gasteiger partial charge in [-0.15, -0.1) is 0 Å². The second-order valence-electron chi connectivity index (χ2n) is 17.6. The molecular weight excluding hydrogens is 712 g/mol. The third-order valence-corrected chi connectivity index (χ3v) is 14.8. The van der Waals surface area contributed by atoms with Crippen molar-refractivity contribution >= 4 is 0 Å². The summed E-state index contributed by atoms with van der Waals surface area (Å²) >= 11 is 0. The molecule has 6 fully saturated rings. The normalized spacial score (nSPS) is 54.2. The summed E-state index contributed by atoms with van der Waals surface area (Å²) in [5, 5.41) is 103. The predicted molar refractivity (Wildman–Crippen MR) is 185 cm³/mol. The number of fused-ring (bicyclic) bond motifs is 5. The minimum absolute atomic E-state index is 0.00719. The van der Waals surface area contributed by atoms with Crippen molar-refractivity contribution in [3.63, 3.8) is 0 Å². The van der Waals surface area contributed by atoms with E-state index >= 15 is 0 Å². The number of hydrogen-bond donors (Lipinski definition) is 10. The Balaban J connectivity index is 1.03. The fourth-order valence-corrected chi connectivity index (χ4v) is 11.6. The Morgan fingerprint density at radius 2 is 1.39 bits per heavy atom. The van der Waals surface area contributed by atoms with Crippen LogP contribution in [0.25, 0.3) is 0 Å². The standard InChI is InChI=1S/C38H62O16/c1-16(50-36-33(30(46)28(44)25(14-40)53-36)54-35-32(48)29(45)27(43)24(13-39)52-35)20-6-7-21-19-5-4-17-12-18(51-34-31(47)26(42)23(41)15-49-34)8-10-37(17,2)22(19)9-11-38(20,21)3/h4,16,18-36,39-48H,5-15H2,1-3H3/t16-,18+,19+,20-,21+,22+,23+,24-,25-,26+,27-,28-,29+,30+,31-,32-,33-,34+,35+,36-,37+,38-/m1/s1. The Morgan fingerprint density at radius 3 is 2.09 bits per heavy atom. The molecule has 3 saturated carbocycles. The number of hydrogen-bond acceptors (Lipinski definition) is 16. The number of ether oxygens (including phenoxy) is 6. The zero-order chi connectivity index (χ0) is 38.9. The van der Waals surface area contributed by atoms with Crippen LogP contribution in [0.5, 0.6) is 0 Å². The van der Waals surface area contributed by atoms with Gasteiger partial charge in [-0.05, 0) is 92.8 Å². The molecule has 22 atom stereocenters. The van der Waals surface area contributed by atoms with Gasteiger partial charge in [0.15, 0.2) is 18.9 Å². The molecule has 3 heterocycles. The van der Waals surface area contributed by atoms with Crippen LogP contribution >= 0.6 is 0 Å². The predicted octanol–water partition coefficient (Wildman–Crippen LogP) is -1.58. The second kappa shape index (κ2) is 16.0. The highest BCUT2D eigenvalue weighted by atomic mass is 16.8. The van der Waals surface area contributed by atoms with Crippen molar-refractivity contribution in [2.45, 2.75) is 170 Å². The van der Waals surface area contributed by atoms with Crippen LogP contribution in [0.15, 0.2) is 11.6 Å². The van der Waals surface area contributed by atoms with Crippen LogP contribution in [0.1, 0.15) is 72.1 Å². The molecule has 7 rings (SSSR count). The molecule has 7 aliphatic rings. The maximum Gasteiger partial charge on any atom is 0.187 e. The van der Waals surface area contributed by atoms with Gasteiger partial charge in [-0.2, -0.15) is 0 Å². The van der Waals surface area contributed by atoms with Gasteiger partial charge >= 0.3 is 0 Å². The van der Waals surface area contributed by atoms with E-state index in [2.05, 4.69) is 19.9 Å². The molecule has 3 aliphatic heterocycles. The lowest BCUT2D eigenvalue weighted by Crippen LogP contribution is -2.65. The summed E-state index contributed by atoms with van der Waals surface area (Å²) in [4.78, 5) is 0. The molecular formula is C38H62O16. The van der Waals surface area contributed by atoms with E-state index in [1.165, 1.54) is 5.57 Å². The molecule has 310 valence electrons. The Morgan fingerprint density at radius 1 is 0.722 bits per heavy atom. The van der Waals surface area contributed by atoms with E-state index in [1.807, 2.05) is 6.92 Å². The van der Waals surface area contributed by atoms with Crippen molar-refractivity contribution in [3.8, 4) is 0 Å². The zero-order valence-corrected chi connectivity index (χ0v) is 31.3. The molecule has 0 aromatic rings. The first-order valence-electron chi connectivity index (χ1n) is 19.9. The molecule has 4 aliphatic carbocycles. The van der Waals surface area contributed by atoms with Gasteiger partial charge in [-0.3, -0.25) is 0 Å². The molecule has 0 amide bonds. The highest BCUT2D eigenvalue weighted by Gasteiger charge is 2.60. The van der Waals surface area contributed by atoms with Gasteiger partial charge in [0.25, 0.3) is 0 Å². The van der Waals surface area contributed by atoms with Crippen LogP contribution in [0.4, 0.5) is 0 Å². The first-order chi connectivity index (χ1) is 25.6. The van der Waals surface area contributed by atoms with E-state index in [1.54, 1.807) is 0 Å². The largest absolute Gasteiger partial charge is 0.394 e. The fraction of sp³-hybridized carbons (Fsp3) is 0.947. The first-order valence-corrected chi connectivity index (χ1v) is 19.9. The van der Waals surface area contributed by atoms with E-state index in [9.17, 15) is 51.1 Å². The van der Waals surface area contributed by atoms with Crippen molar-refractivity contribution in [3.05, 3.63) is 11.6 Å². The molecule has 16 nitrogen and oxygen atoms in total. The highest BCUT2D eigenvalue weighted by Crippen LogP contribution is 2.67. The summed E-state index contributed by atoms with van der Waals surface area (Å²) in [6.07, 6.45) is -10.6. The van der Waals surface area contributed by atoms with Crippen LogP contribution in [-0.2, 0) is 28.4 Å². The molecule has 54 heavy (non-hydrogen) atoms. The van der Waals surface area contributed by atoms with Crippen LogP contribution < -0.4 is 0 Å². The van der Waals surface area contributed by atoms with Crippen molar-refractivity contribution in [1.82, 2.24) is 0 Å². The van der Waals surface area contributed by atoms with Gasteiger partial charge in [-0.1, -0.05) is 25.5 Å². The smallest absolute Gasteiger partial charge is 0.187 e. The maximum absolute atomic E-state index is 11.2. The highest BCUT2D eigenvalue weighted by molar-refractivity contribution is 5.25. The van der Waals surface area contributed by atoms with Crippen LogP contribution in [0.3, 0.4) is 0 Å². The van der Waals surface area contributed by atoms with Gasteiger partial charge in [0.05, 0.1) is 32.0 Å². The summed E-state index contributed by atoms with van der Waals surface area (Å²) in [5.41, 5.74) is 1.31. The summed E-state index contributed by atoms with van der Waals surface area (Å²) in [6.45, 7) is 5.31. The third-order valence-electron chi connectivity index (χ3n) is 14.8. The first kappa shape index (κ1) is 41.3. The maximum atomic E-state index is 11.2. The summed E-state index contributed by atoms with van der Waals surface area (Å²) in [6, 6.07) is 0. The quantitative estimate of drug-likeness (QED) is 0.119. The van der Waals surface area contributed by atoms with Crippen molar-refractivity contribution < 1.29 is 79.5 Å². The van der Waals surface area contributed by atoms with E-state index in [-0.39, 0.29) is 29.5 Å². The topological polar surface area (TPSA) is 258 Å². The van der Waals surface area contributed by atoms with E-state index in [0.29, 0.717) is 17.8 Å². The number of aliphatic hydroxyl groups excluding tert-OH is 10. The van der Waals surface area contributed by atoms with E-state index in [4.69, 9.17) is 28.4 Å². The Labute approximate surface area is 315 Å². The Hall–Kier alpha value is -0.900. The van der Waals surface area contributed by atoms with Gasteiger partial charge in [0.2, 0.25) is 0 Å². The van der Waals surface area contributed by atoms with E-state index < -0.39 is 105 Å². The lowest BCUT2D eigenvalue weighted by Gasteiger charge is -2.58. The molecule has 0 bridgehead atoms. The van der Waals surface area contributed by atoms with Crippen molar-refractivity contribution in [2.24, 2.45) is 34.5 Å². The molecule has 0 aromatic carbocycles. The molecule has 10 N–H and O–H groups in total. The van der Waals surface area contributed by atoms with Gasteiger partial charge in [0.1, 0.15) is 67.1 Å².